The highest BCUT2D eigenvalue weighted by atomic mass is 32.2. The van der Waals surface area contributed by atoms with Crippen LogP contribution >= 0.6 is 11.8 Å². The minimum absolute atomic E-state index is 0.0356. The molecule has 0 saturated carbocycles. The van der Waals surface area contributed by atoms with Crippen molar-refractivity contribution in [3.63, 3.8) is 0 Å². The Labute approximate surface area is 171 Å². The van der Waals surface area contributed by atoms with Gasteiger partial charge in [0.25, 0.3) is 0 Å². The number of nitrogens with zero attached hydrogens (tertiary/aromatic N) is 3. The van der Waals surface area contributed by atoms with E-state index in [1.807, 2.05) is 16.4 Å². The Morgan fingerprint density at radius 1 is 1.21 bits per heavy atom. The van der Waals surface area contributed by atoms with Crippen molar-refractivity contribution in [2.45, 2.75) is 51.2 Å². The monoisotopic (exact) mass is 426 g/mol. The molecule has 0 aliphatic rings. The van der Waals surface area contributed by atoms with E-state index in [-0.39, 0.29) is 10.8 Å². The Bertz CT molecular complexity index is 926. The molecule has 0 radical (unpaired) electrons. The van der Waals surface area contributed by atoms with Crippen LogP contribution in [-0.2, 0) is 21.4 Å². The maximum atomic E-state index is 12.8. The summed E-state index contributed by atoms with van der Waals surface area (Å²) in [5.41, 5.74) is 1.38. The Hall–Kier alpha value is -1.58. The van der Waals surface area contributed by atoms with Gasteiger partial charge in [-0.1, -0.05) is 39.5 Å². The van der Waals surface area contributed by atoms with Crippen LogP contribution in [0.15, 0.2) is 28.3 Å². The van der Waals surface area contributed by atoms with Crippen LogP contribution in [0, 0.1) is 11.8 Å². The molecule has 2 aromatic rings. The largest absolute Gasteiger partial charge is 0.341 e. The summed E-state index contributed by atoms with van der Waals surface area (Å²) in [7, 11) is -3.78. The molecule has 0 atom stereocenters. The molecule has 7 nitrogen and oxygen atoms in total. The second-order valence-electron chi connectivity index (χ2n) is 7.71. The molecule has 0 saturated heterocycles. The highest BCUT2D eigenvalue weighted by Gasteiger charge is 2.19. The van der Waals surface area contributed by atoms with Crippen LogP contribution in [0.25, 0.3) is 11.0 Å². The van der Waals surface area contributed by atoms with E-state index in [9.17, 15) is 13.2 Å². The number of imidazole rings is 1. The molecule has 0 spiro atoms. The fraction of sp³-hybridized carbons (Fsp3) is 0.579. The summed E-state index contributed by atoms with van der Waals surface area (Å²) in [5, 5.41) is 5.92. The minimum atomic E-state index is -3.78. The van der Waals surface area contributed by atoms with E-state index in [0.717, 1.165) is 18.6 Å². The lowest BCUT2D eigenvalue weighted by atomic mass is 10.1. The van der Waals surface area contributed by atoms with E-state index in [1.54, 1.807) is 6.07 Å². The molecular formula is C19H30N4O3S2. The lowest BCUT2D eigenvalue weighted by molar-refractivity contribution is -0.129. The first-order valence-corrected chi connectivity index (χ1v) is 12.0. The summed E-state index contributed by atoms with van der Waals surface area (Å²) < 4.78 is 25.2. The van der Waals surface area contributed by atoms with Gasteiger partial charge >= 0.3 is 0 Å². The van der Waals surface area contributed by atoms with Crippen LogP contribution in [0.5, 0.6) is 0 Å². The molecule has 1 aromatic carbocycles. The van der Waals surface area contributed by atoms with Crippen LogP contribution in [0.4, 0.5) is 0 Å². The van der Waals surface area contributed by atoms with E-state index in [4.69, 9.17) is 5.14 Å². The van der Waals surface area contributed by atoms with Crippen LogP contribution in [0.3, 0.4) is 0 Å². The van der Waals surface area contributed by atoms with Crippen LogP contribution in [0.2, 0.25) is 0 Å². The smallest absolute Gasteiger partial charge is 0.238 e. The average molecular weight is 427 g/mol. The zero-order valence-corrected chi connectivity index (χ0v) is 18.8. The molecule has 1 amide bonds. The Morgan fingerprint density at radius 3 is 2.32 bits per heavy atom. The van der Waals surface area contributed by atoms with Crippen molar-refractivity contribution in [2.24, 2.45) is 17.0 Å². The zero-order chi connectivity index (χ0) is 21.1. The normalized spacial score (nSPS) is 12.3. The van der Waals surface area contributed by atoms with Crippen LogP contribution in [0.1, 0.15) is 34.6 Å². The van der Waals surface area contributed by atoms with Crippen molar-refractivity contribution < 1.29 is 13.2 Å². The number of aryl methyl sites for hydroxylation is 1. The highest BCUT2D eigenvalue weighted by molar-refractivity contribution is 7.99. The van der Waals surface area contributed by atoms with Gasteiger partial charge in [-0.15, -0.1) is 0 Å². The molecule has 0 fully saturated rings. The van der Waals surface area contributed by atoms with Crippen molar-refractivity contribution in [1.29, 1.82) is 0 Å². The molecule has 0 bridgehead atoms. The number of primary sulfonamides is 1. The third-order valence-corrected chi connectivity index (χ3v) is 6.05. The maximum Gasteiger partial charge on any atom is 0.238 e. The number of amides is 1. The molecule has 9 heteroatoms. The molecule has 1 aromatic heterocycles. The minimum Gasteiger partial charge on any atom is -0.341 e. The Balaban J connectivity index is 2.23. The van der Waals surface area contributed by atoms with Crippen LogP contribution in [-0.4, -0.2) is 47.6 Å². The number of aromatic nitrogens is 2. The van der Waals surface area contributed by atoms with E-state index in [0.29, 0.717) is 34.8 Å². The van der Waals surface area contributed by atoms with Gasteiger partial charge in [-0.2, -0.15) is 0 Å². The van der Waals surface area contributed by atoms with Crippen molar-refractivity contribution in [3.8, 4) is 0 Å². The summed E-state index contributed by atoms with van der Waals surface area (Å²) in [6.45, 7) is 12.5. The molecule has 2 rings (SSSR count). The quantitative estimate of drug-likeness (QED) is 0.622. The van der Waals surface area contributed by atoms with Crippen LogP contribution < -0.4 is 5.14 Å². The van der Waals surface area contributed by atoms with Gasteiger partial charge in [0.05, 0.1) is 21.7 Å². The third kappa shape index (κ3) is 5.71. The van der Waals surface area contributed by atoms with Gasteiger partial charge in [-0.3, -0.25) is 4.79 Å². The maximum absolute atomic E-state index is 12.8. The van der Waals surface area contributed by atoms with Crippen molar-refractivity contribution in [3.05, 3.63) is 18.2 Å². The van der Waals surface area contributed by atoms with E-state index in [1.165, 1.54) is 23.9 Å². The second kappa shape index (κ2) is 9.28. The molecule has 0 aliphatic heterocycles. The summed E-state index contributed by atoms with van der Waals surface area (Å²) in [4.78, 5) is 19.3. The van der Waals surface area contributed by atoms with Gasteiger partial charge in [-0.25, -0.2) is 18.5 Å². The summed E-state index contributed by atoms with van der Waals surface area (Å²) >= 11 is 1.38. The van der Waals surface area contributed by atoms with E-state index in [2.05, 4.69) is 32.7 Å². The lowest BCUT2D eigenvalue weighted by Gasteiger charge is -2.26. The number of thioether (sulfide) groups is 1. The fourth-order valence-electron chi connectivity index (χ4n) is 3.06. The number of carbonyl (C=O) groups excluding carboxylic acids is 1. The predicted octanol–water partition coefficient (Wildman–Crippen LogP) is 2.94. The zero-order valence-electron chi connectivity index (χ0n) is 17.2. The van der Waals surface area contributed by atoms with Gasteiger partial charge in [0, 0.05) is 19.6 Å². The van der Waals surface area contributed by atoms with Gasteiger partial charge in [0.2, 0.25) is 15.9 Å². The third-order valence-electron chi connectivity index (χ3n) is 4.18. The molecule has 0 unspecified atom stereocenters. The number of hydrogen-bond donors (Lipinski definition) is 1. The first kappa shape index (κ1) is 22.7. The number of nitrogens with two attached hydrogens (primary N) is 1. The number of carbonyl (C=O) groups is 1. The SMILES string of the molecule is CCn1c(SCC(=O)N(CC(C)C)CC(C)C)nc2cc(S(N)(=O)=O)ccc21. The standard InChI is InChI=1S/C19H30N4O3S2/c1-6-23-17-8-7-15(28(20,25)26)9-16(17)21-19(23)27-12-18(24)22(10-13(2)3)11-14(4)5/h7-9,13-14H,6,10-12H2,1-5H3,(H2,20,25,26). The van der Waals surface area contributed by atoms with E-state index < -0.39 is 10.0 Å². The van der Waals surface area contributed by atoms with Crippen molar-refractivity contribution >= 4 is 38.7 Å². The van der Waals surface area contributed by atoms with Gasteiger partial charge in [0.15, 0.2) is 5.16 Å². The van der Waals surface area contributed by atoms with Gasteiger partial charge in [0.1, 0.15) is 0 Å². The Morgan fingerprint density at radius 2 is 1.82 bits per heavy atom. The van der Waals surface area contributed by atoms with Gasteiger partial charge in [-0.05, 0) is 37.0 Å². The molecule has 28 heavy (non-hydrogen) atoms. The van der Waals surface area contributed by atoms with Crippen molar-refractivity contribution in [1.82, 2.24) is 14.5 Å². The first-order chi connectivity index (χ1) is 13.0. The molecule has 0 aliphatic carbocycles. The number of benzene rings is 1. The fourth-order valence-corrected chi connectivity index (χ4v) is 4.57. The van der Waals surface area contributed by atoms with Crippen molar-refractivity contribution in [2.75, 3.05) is 18.8 Å². The lowest BCUT2D eigenvalue weighted by Crippen LogP contribution is -2.38. The predicted molar refractivity (Wildman–Crippen MR) is 114 cm³/mol. The van der Waals surface area contributed by atoms with E-state index >= 15 is 0 Å². The number of rotatable bonds is 9. The Kier molecular flexibility index (Phi) is 7.52. The molecule has 1 heterocycles. The number of fused-ring (bicyclic) bond motifs is 1. The molecular weight excluding hydrogens is 396 g/mol. The average Bonchev–Trinajstić information content (AvgIpc) is 2.94. The first-order valence-electron chi connectivity index (χ1n) is 9.46. The number of hydrogen-bond acceptors (Lipinski definition) is 5. The topological polar surface area (TPSA) is 98.3 Å². The summed E-state index contributed by atoms with van der Waals surface area (Å²) in [5.74, 6) is 1.20. The summed E-state index contributed by atoms with van der Waals surface area (Å²) in [6.07, 6.45) is 0. The second-order valence-corrected chi connectivity index (χ2v) is 10.2. The highest BCUT2D eigenvalue weighted by Crippen LogP contribution is 2.26. The van der Waals surface area contributed by atoms with Gasteiger partial charge < -0.3 is 9.47 Å². The molecule has 2 N–H and O–H groups in total. The molecule has 156 valence electrons. The summed E-state index contributed by atoms with van der Waals surface area (Å²) in [6, 6.07) is 4.67. The number of sulfonamides is 1.